The molecule has 1 aromatic carbocycles. The van der Waals surface area contributed by atoms with Crippen LogP contribution in [0.4, 0.5) is 5.69 Å². The Morgan fingerprint density at radius 3 is 2.48 bits per heavy atom. The second-order valence-corrected chi connectivity index (χ2v) is 8.64. The van der Waals surface area contributed by atoms with Gasteiger partial charge >= 0.3 is 0 Å². The van der Waals surface area contributed by atoms with Gasteiger partial charge in [-0.3, -0.25) is 9.59 Å². The summed E-state index contributed by atoms with van der Waals surface area (Å²) in [6.45, 7) is 6.21. The van der Waals surface area contributed by atoms with Gasteiger partial charge in [0, 0.05) is 44.8 Å². The Labute approximate surface area is 189 Å². The number of ether oxygens (including phenoxy) is 1. The second-order valence-electron chi connectivity index (χ2n) is 8.23. The number of nitrogen functional groups attached to an aromatic ring is 1. The van der Waals surface area contributed by atoms with Crippen molar-refractivity contribution in [2.75, 3.05) is 45.6 Å². The van der Waals surface area contributed by atoms with E-state index in [4.69, 9.17) is 22.1 Å². The van der Waals surface area contributed by atoms with E-state index in [1.54, 1.807) is 19.1 Å². The van der Waals surface area contributed by atoms with Gasteiger partial charge in [-0.25, -0.2) is 0 Å². The van der Waals surface area contributed by atoms with E-state index in [2.05, 4.69) is 22.1 Å². The van der Waals surface area contributed by atoms with Gasteiger partial charge in [0.05, 0.1) is 23.4 Å². The van der Waals surface area contributed by atoms with Gasteiger partial charge in [0.2, 0.25) is 0 Å². The standard InChI is InChI=1S/C23H31ClN4O3/c1-3-4-22(29)28-11-5-16(6-12-28)15-27-9-7-17(8-10-27)26-23(30)18-13-19(24)20(25)14-21(18)31-2/h13-14,16-17H,5-12,15,25H2,1-2H3,(H,26,30). The van der Waals surface area contributed by atoms with Crippen LogP contribution in [0.2, 0.25) is 5.02 Å². The molecule has 2 saturated heterocycles. The molecule has 1 aromatic rings. The molecule has 31 heavy (non-hydrogen) atoms. The lowest BCUT2D eigenvalue weighted by Gasteiger charge is -2.37. The van der Waals surface area contributed by atoms with Gasteiger partial charge in [-0.1, -0.05) is 17.5 Å². The summed E-state index contributed by atoms with van der Waals surface area (Å²) < 4.78 is 5.29. The summed E-state index contributed by atoms with van der Waals surface area (Å²) in [6, 6.07) is 3.26. The smallest absolute Gasteiger partial charge is 0.298 e. The van der Waals surface area contributed by atoms with Gasteiger partial charge in [0.1, 0.15) is 5.75 Å². The topological polar surface area (TPSA) is 87.9 Å². The summed E-state index contributed by atoms with van der Waals surface area (Å²) in [5, 5.41) is 3.45. The molecular formula is C23H31ClN4O3. The first-order chi connectivity index (χ1) is 14.9. The van der Waals surface area contributed by atoms with E-state index in [0.29, 0.717) is 27.9 Å². The Morgan fingerprint density at radius 2 is 1.87 bits per heavy atom. The van der Waals surface area contributed by atoms with Crippen LogP contribution >= 0.6 is 11.6 Å². The number of benzene rings is 1. The summed E-state index contributed by atoms with van der Waals surface area (Å²) in [6.07, 6.45) is 3.84. The Hall–Kier alpha value is -2.43. The number of nitrogens with two attached hydrogens (primary N) is 1. The molecule has 0 aliphatic carbocycles. The Bertz CT molecular complexity index is 864. The van der Waals surface area contributed by atoms with Crippen molar-refractivity contribution in [2.45, 2.75) is 38.6 Å². The number of carbonyl (C=O) groups excluding carboxylic acids is 2. The predicted octanol–water partition coefficient (Wildman–Crippen LogP) is 2.39. The van der Waals surface area contributed by atoms with Crippen molar-refractivity contribution < 1.29 is 14.3 Å². The normalized spacial score (nSPS) is 18.2. The average molecular weight is 447 g/mol. The molecule has 0 unspecified atom stereocenters. The van der Waals surface area contributed by atoms with Crippen LogP contribution in [0.5, 0.6) is 5.75 Å². The van der Waals surface area contributed by atoms with Crippen LogP contribution in [-0.2, 0) is 4.79 Å². The molecule has 2 fully saturated rings. The van der Waals surface area contributed by atoms with E-state index in [1.807, 2.05) is 4.90 Å². The highest BCUT2D eigenvalue weighted by atomic mass is 35.5. The molecule has 3 rings (SSSR count). The SMILES string of the molecule is CC#CC(=O)N1CCC(CN2CCC(NC(=O)c3cc(Cl)c(N)cc3OC)CC2)CC1. The van der Waals surface area contributed by atoms with Crippen LogP contribution in [0.1, 0.15) is 43.0 Å². The van der Waals surface area contributed by atoms with Gasteiger partial charge < -0.3 is 25.6 Å². The van der Waals surface area contributed by atoms with Crippen LogP contribution in [0.25, 0.3) is 0 Å². The number of nitrogens with one attached hydrogen (secondary N) is 1. The third kappa shape index (κ3) is 6.05. The number of hydrogen-bond acceptors (Lipinski definition) is 5. The first-order valence-electron chi connectivity index (χ1n) is 10.8. The van der Waals surface area contributed by atoms with Crippen molar-refractivity contribution in [1.82, 2.24) is 15.1 Å². The zero-order valence-electron chi connectivity index (χ0n) is 18.2. The molecule has 2 heterocycles. The summed E-state index contributed by atoms with van der Waals surface area (Å²) in [5.41, 5.74) is 6.59. The minimum Gasteiger partial charge on any atom is -0.496 e. The average Bonchev–Trinajstić information content (AvgIpc) is 2.77. The molecule has 8 heteroatoms. The Balaban J connectivity index is 1.44. The fourth-order valence-electron chi connectivity index (χ4n) is 4.31. The largest absolute Gasteiger partial charge is 0.496 e. The molecule has 168 valence electrons. The van der Waals surface area contributed by atoms with Crippen LogP contribution in [0, 0.1) is 17.8 Å². The van der Waals surface area contributed by atoms with E-state index < -0.39 is 0 Å². The van der Waals surface area contributed by atoms with E-state index in [9.17, 15) is 9.59 Å². The lowest BCUT2D eigenvalue weighted by molar-refractivity contribution is -0.126. The first kappa shape index (κ1) is 23.2. The van der Waals surface area contributed by atoms with Crippen LogP contribution in [-0.4, -0.2) is 67.5 Å². The van der Waals surface area contributed by atoms with Crippen LogP contribution < -0.4 is 15.8 Å². The summed E-state index contributed by atoms with van der Waals surface area (Å²) in [7, 11) is 1.51. The number of anilines is 1. The molecule has 2 aliphatic heterocycles. The molecule has 3 N–H and O–H groups in total. The highest BCUT2D eigenvalue weighted by Gasteiger charge is 2.27. The van der Waals surface area contributed by atoms with Crippen LogP contribution in [0.15, 0.2) is 12.1 Å². The van der Waals surface area contributed by atoms with Crippen molar-refractivity contribution in [3.63, 3.8) is 0 Å². The van der Waals surface area contributed by atoms with Crippen molar-refractivity contribution >= 4 is 29.1 Å². The number of amides is 2. The van der Waals surface area contributed by atoms with E-state index in [0.717, 1.165) is 58.4 Å². The van der Waals surface area contributed by atoms with E-state index >= 15 is 0 Å². The molecule has 0 atom stereocenters. The fraction of sp³-hybridized carbons (Fsp3) is 0.565. The van der Waals surface area contributed by atoms with Gasteiger partial charge in [0.25, 0.3) is 11.8 Å². The number of nitrogens with zero attached hydrogens (tertiary/aromatic N) is 2. The van der Waals surface area contributed by atoms with Crippen molar-refractivity contribution in [3.05, 3.63) is 22.7 Å². The molecule has 2 amide bonds. The minimum absolute atomic E-state index is 0.0588. The molecule has 0 spiro atoms. The predicted molar refractivity (Wildman–Crippen MR) is 122 cm³/mol. The lowest BCUT2D eigenvalue weighted by Crippen LogP contribution is -2.47. The molecule has 0 aromatic heterocycles. The molecule has 0 bridgehead atoms. The molecule has 0 saturated carbocycles. The maximum Gasteiger partial charge on any atom is 0.298 e. The van der Waals surface area contributed by atoms with Gasteiger partial charge in [-0.15, -0.1) is 0 Å². The lowest BCUT2D eigenvalue weighted by atomic mass is 9.94. The zero-order chi connectivity index (χ0) is 22.4. The Kier molecular flexibility index (Phi) is 8.05. The highest BCUT2D eigenvalue weighted by Crippen LogP contribution is 2.29. The van der Waals surface area contributed by atoms with Crippen LogP contribution in [0.3, 0.4) is 0 Å². The number of likely N-dealkylation sites (tertiary alicyclic amines) is 2. The molecule has 0 radical (unpaired) electrons. The van der Waals surface area contributed by atoms with Crippen molar-refractivity contribution in [2.24, 2.45) is 5.92 Å². The third-order valence-corrected chi connectivity index (χ3v) is 6.46. The Morgan fingerprint density at radius 1 is 1.19 bits per heavy atom. The summed E-state index contributed by atoms with van der Waals surface area (Å²) in [5.74, 6) is 6.09. The van der Waals surface area contributed by atoms with Gasteiger partial charge in [-0.05, 0) is 50.5 Å². The van der Waals surface area contributed by atoms with Gasteiger partial charge in [0.15, 0.2) is 0 Å². The summed E-state index contributed by atoms with van der Waals surface area (Å²) >= 11 is 6.09. The number of rotatable bonds is 5. The quantitative estimate of drug-likeness (QED) is 0.535. The van der Waals surface area contributed by atoms with E-state index in [1.165, 1.54) is 7.11 Å². The number of carbonyl (C=O) groups is 2. The summed E-state index contributed by atoms with van der Waals surface area (Å²) in [4.78, 5) is 28.9. The molecular weight excluding hydrogens is 416 g/mol. The third-order valence-electron chi connectivity index (χ3n) is 6.14. The maximum atomic E-state index is 12.7. The van der Waals surface area contributed by atoms with Crippen molar-refractivity contribution in [1.29, 1.82) is 0 Å². The molecule has 7 nitrogen and oxygen atoms in total. The zero-order valence-corrected chi connectivity index (χ0v) is 19.0. The number of halogens is 1. The number of methoxy groups -OCH3 is 1. The van der Waals surface area contributed by atoms with E-state index in [-0.39, 0.29) is 17.9 Å². The molecule has 2 aliphatic rings. The van der Waals surface area contributed by atoms with Gasteiger partial charge in [-0.2, -0.15) is 0 Å². The first-order valence-corrected chi connectivity index (χ1v) is 11.2. The highest BCUT2D eigenvalue weighted by molar-refractivity contribution is 6.33. The minimum atomic E-state index is -0.190. The second kappa shape index (κ2) is 10.7. The number of piperidine rings is 2. The fourth-order valence-corrected chi connectivity index (χ4v) is 4.47. The maximum absolute atomic E-state index is 12.7. The monoisotopic (exact) mass is 446 g/mol. The van der Waals surface area contributed by atoms with Crippen molar-refractivity contribution in [3.8, 4) is 17.6 Å². The number of hydrogen-bond donors (Lipinski definition) is 2.